The molecule has 1 aliphatic rings. The summed E-state index contributed by atoms with van der Waals surface area (Å²) in [4.78, 5) is 11.7. The quantitative estimate of drug-likeness (QED) is 0.898. The molecule has 4 nitrogen and oxygen atoms in total. The standard InChI is InChI=1S/C16H28N4/c1-12(2)9-17-10-15-11-18-16(19-14(15)4)20-8-6-5-7-13(20)3/h11-13,17H,5-10H2,1-4H3. The Morgan fingerprint density at radius 2 is 2.20 bits per heavy atom. The number of nitrogens with zero attached hydrogens (tertiary/aromatic N) is 3. The zero-order valence-corrected chi connectivity index (χ0v) is 13.3. The minimum absolute atomic E-state index is 0.563. The van der Waals surface area contributed by atoms with Crippen LogP contribution in [0.4, 0.5) is 5.95 Å². The van der Waals surface area contributed by atoms with Gasteiger partial charge in [-0.2, -0.15) is 0 Å². The fraction of sp³-hybridized carbons (Fsp3) is 0.750. The summed E-state index contributed by atoms with van der Waals surface area (Å²) in [5, 5.41) is 3.46. The average molecular weight is 276 g/mol. The first-order valence-electron chi connectivity index (χ1n) is 7.87. The van der Waals surface area contributed by atoms with Crippen LogP contribution in [0.25, 0.3) is 0 Å². The zero-order valence-electron chi connectivity index (χ0n) is 13.3. The molecule has 0 aliphatic carbocycles. The molecule has 0 radical (unpaired) electrons. The SMILES string of the molecule is Cc1nc(N2CCCCC2C)ncc1CNCC(C)C. The topological polar surface area (TPSA) is 41.1 Å². The van der Waals surface area contributed by atoms with E-state index in [-0.39, 0.29) is 0 Å². The molecule has 1 atom stereocenters. The highest BCUT2D eigenvalue weighted by atomic mass is 15.3. The second-order valence-electron chi connectivity index (χ2n) is 6.34. The van der Waals surface area contributed by atoms with Crippen LogP contribution in [-0.2, 0) is 6.54 Å². The second-order valence-corrected chi connectivity index (χ2v) is 6.34. The third-order valence-electron chi connectivity index (χ3n) is 4.00. The third-order valence-corrected chi connectivity index (χ3v) is 4.00. The van der Waals surface area contributed by atoms with Gasteiger partial charge >= 0.3 is 0 Å². The van der Waals surface area contributed by atoms with Crippen molar-refractivity contribution in [1.82, 2.24) is 15.3 Å². The monoisotopic (exact) mass is 276 g/mol. The summed E-state index contributed by atoms with van der Waals surface area (Å²) in [7, 11) is 0. The van der Waals surface area contributed by atoms with E-state index in [9.17, 15) is 0 Å². The molecule has 1 fully saturated rings. The first kappa shape index (κ1) is 15.2. The molecular formula is C16H28N4. The van der Waals surface area contributed by atoms with Crippen molar-refractivity contribution in [3.8, 4) is 0 Å². The van der Waals surface area contributed by atoms with Crippen molar-refractivity contribution in [3.05, 3.63) is 17.5 Å². The molecule has 4 heteroatoms. The highest BCUT2D eigenvalue weighted by Crippen LogP contribution is 2.21. The normalized spacial score (nSPS) is 19.6. The molecule has 2 heterocycles. The Kier molecular flexibility index (Phi) is 5.35. The van der Waals surface area contributed by atoms with Gasteiger partial charge in [0, 0.05) is 36.6 Å². The van der Waals surface area contributed by atoms with Crippen LogP contribution in [-0.4, -0.2) is 29.1 Å². The van der Waals surface area contributed by atoms with E-state index in [2.05, 4.69) is 42.9 Å². The van der Waals surface area contributed by atoms with Gasteiger partial charge in [0.15, 0.2) is 0 Å². The summed E-state index contributed by atoms with van der Waals surface area (Å²) in [6.45, 7) is 11.8. The maximum atomic E-state index is 4.72. The van der Waals surface area contributed by atoms with E-state index in [1.807, 2.05) is 6.20 Å². The lowest BCUT2D eigenvalue weighted by Crippen LogP contribution is -2.38. The lowest BCUT2D eigenvalue weighted by Gasteiger charge is -2.33. The van der Waals surface area contributed by atoms with Crippen LogP contribution in [0.2, 0.25) is 0 Å². The van der Waals surface area contributed by atoms with E-state index < -0.39 is 0 Å². The molecule has 0 spiro atoms. The van der Waals surface area contributed by atoms with Gasteiger partial charge in [-0.1, -0.05) is 13.8 Å². The maximum Gasteiger partial charge on any atom is 0.225 e. The van der Waals surface area contributed by atoms with Crippen LogP contribution in [0, 0.1) is 12.8 Å². The van der Waals surface area contributed by atoms with Crippen molar-refractivity contribution < 1.29 is 0 Å². The maximum absolute atomic E-state index is 4.72. The average Bonchev–Trinajstić information content (AvgIpc) is 2.41. The van der Waals surface area contributed by atoms with E-state index >= 15 is 0 Å². The van der Waals surface area contributed by atoms with Crippen LogP contribution in [0.5, 0.6) is 0 Å². The molecule has 1 saturated heterocycles. The highest BCUT2D eigenvalue weighted by Gasteiger charge is 2.21. The molecule has 20 heavy (non-hydrogen) atoms. The van der Waals surface area contributed by atoms with E-state index in [1.165, 1.54) is 24.8 Å². The largest absolute Gasteiger partial charge is 0.338 e. The Morgan fingerprint density at radius 3 is 2.85 bits per heavy atom. The Labute approximate surface area is 123 Å². The van der Waals surface area contributed by atoms with E-state index in [0.717, 1.165) is 31.3 Å². The fourth-order valence-electron chi connectivity index (χ4n) is 2.68. The van der Waals surface area contributed by atoms with Crippen molar-refractivity contribution in [1.29, 1.82) is 0 Å². The van der Waals surface area contributed by atoms with E-state index in [1.54, 1.807) is 0 Å². The highest BCUT2D eigenvalue weighted by molar-refractivity contribution is 5.34. The molecule has 1 aliphatic heterocycles. The number of piperidine rings is 1. The van der Waals surface area contributed by atoms with Crippen molar-refractivity contribution in [3.63, 3.8) is 0 Å². The minimum atomic E-state index is 0.563. The number of aromatic nitrogens is 2. The number of aryl methyl sites for hydroxylation is 1. The van der Waals surface area contributed by atoms with Crippen molar-refractivity contribution in [2.75, 3.05) is 18.0 Å². The molecule has 1 N–H and O–H groups in total. The van der Waals surface area contributed by atoms with Crippen molar-refractivity contribution >= 4 is 5.95 Å². The van der Waals surface area contributed by atoms with E-state index in [4.69, 9.17) is 4.98 Å². The number of rotatable bonds is 5. The minimum Gasteiger partial charge on any atom is -0.338 e. The van der Waals surface area contributed by atoms with Gasteiger partial charge in [-0.05, 0) is 45.6 Å². The molecule has 1 aromatic heterocycles. The lowest BCUT2D eigenvalue weighted by atomic mass is 10.0. The molecule has 0 amide bonds. The number of anilines is 1. The van der Waals surface area contributed by atoms with Crippen LogP contribution >= 0.6 is 0 Å². The molecule has 0 aromatic carbocycles. The predicted molar refractivity (Wildman–Crippen MR) is 84.0 cm³/mol. The third kappa shape index (κ3) is 3.92. The number of hydrogen-bond donors (Lipinski definition) is 1. The Morgan fingerprint density at radius 1 is 1.40 bits per heavy atom. The molecule has 112 valence electrons. The van der Waals surface area contributed by atoms with Crippen LogP contribution in [0.1, 0.15) is 51.3 Å². The zero-order chi connectivity index (χ0) is 14.5. The Balaban J connectivity index is 2.01. The summed E-state index contributed by atoms with van der Waals surface area (Å²) < 4.78 is 0. The smallest absolute Gasteiger partial charge is 0.225 e. The summed E-state index contributed by atoms with van der Waals surface area (Å²) in [6, 6.07) is 0.563. The summed E-state index contributed by atoms with van der Waals surface area (Å²) >= 11 is 0. The van der Waals surface area contributed by atoms with Gasteiger partial charge in [-0.3, -0.25) is 0 Å². The van der Waals surface area contributed by atoms with Crippen LogP contribution < -0.4 is 10.2 Å². The van der Waals surface area contributed by atoms with Crippen molar-refractivity contribution in [2.45, 2.75) is 59.5 Å². The van der Waals surface area contributed by atoms with Gasteiger partial charge in [0.2, 0.25) is 5.95 Å². The molecular weight excluding hydrogens is 248 g/mol. The predicted octanol–water partition coefficient (Wildman–Crippen LogP) is 2.91. The fourth-order valence-corrected chi connectivity index (χ4v) is 2.68. The van der Waals surface area contributed by atoms with Gasteiger partial charge in [0.1, 0.15) is 0 Å². The molecule has 1 aromatic rings. The van der Waals surface area contributed by atoms with Crippen molar-refractivity contribution in [2.24, 2.45) is 5.92 Å². The van der Waals surface area contributed by atoms with Gasteiger partial charge in [0.05, 0.1) is 0 Å². The lowest BCUT2D eigenvalue weighted by molar-refractivity contribution is 0.476. The first-order valence-corrected chi connectivity index (χ1v) is 7.87. The van der Waals surface area contributed by atoms with E-state index in [0.29, 0.717) is 12.0 Å². The second kappa shape index (κ2) is 7.02. The molecule has 0 saturated carbocycles. The molecule has 1 unspecified atom stereocenters. The van der Waals surface area contributed by atoms with Crippen LogP contribution in [0.3, 0.4) is 0 Å². The molecule has 0 bridgehead atoms. The van der Waals surface area contributed by atoms with Crippen LogP contribution in [0.15, 0.2) is 6.20 Å². The van der Waals surface area contributed by atoms with Gasteiger partial charge in [-0.15, -0.1) is 0 Å². The number of hydrogen-bond acceptors (Lipinski definition) is 4. The van der Waals surface area contributed by atoms with Gasteiger partial charge < -0.3 is 10.2 Å². The summed E-state index contributed by atoms with van der Waals surface area (Å²) in [6.07, 6.45) is 5.82. The Bertz CT molecular complexity index is 430. The summed E-state index contributed by atoms with van der Waals surface area (Å²) in [5.41, 5.74) is 2.31. The Hall–Kier alpha value is -1.16. The number of nitrogens with one attached hydrogen (secondary N) is 1. The first-order chi connectivity index (χ1) is 9.58. The van der Waals surface area contributed by atoms with Gasteiger partial charge in [-0.25, -0.2) is 9.97 Å². The van der Waals surface area contributed by atoms with Gasteiger partial charge in [0.25, 0.3) is 0 Å². The summed E-state index contributed by atoms with van der Waals surface area (Å²) in [5.74, 6) is 1.58. The molecule has 2 rings (SSSR count).